The van der Waals surface area contributed by atoms with Gasteiger partial charge in [0.25, 0.3) is 0 Å². The molecular formula is C15H21NO. The number of carbonyl (C=O) groups is 1. The lowest BCUT2D eigenvalue weighted by Gasteiger charge is -2.32. The third kappa shape index (κ3) is 2.75. The Kier molecular flexibility index (Phi) is 3.95. The van der Waals surface area contributed by atoms with Gasteiger partial charge in [0.15, 0.2) is 0 Å². The first kappa shape index (κ1) is 12.3. The van der Waals surface area contributed by atoms with Crippen LogP contribution in [0, 0.1) is 11.8 Å². The number of Topliss-reactive ketones (excluding diaryl/α,β-unsaturated/α-hetero) is 1. The molecule has 0 unspecified atom stereocenters. The molecule has 1 saturated heterocycles. The van der Waals surface area contributed by atoms with Gasteiger partial charge < -0.3 is 5.32 Å². The van der Waals surface area contributed by atoms with Crippen molar-refractivity contribution in [2.24, 2.45) is 11.8 Å². The average Bonchev–Trinajstić information content (AvgIpc) is 2.39. The van der Waals surface area contributed by atoms with Gasteiger partial charge in [-0.1, -0.05) is 44.2 Å². The molecule has 0 spiro atoms. The molecular weight excluding hydrogens is 210 g/mol. The minimum Gasteiger partial charge on any atom is -0.316 e. The van der Waals surface area contributed by atoms with E-state index in [1.807, 2.05) is 19.9 Å². The standard InChI is InChI=1S/C15H21NO/c1-11(2)15(17)14-10-16-9-8-13(14)12-6-4-3-5-7-12/h3-7,11,13-14,16H,8-10H2,1-2H3/t13-,14-/m1/s1. The van der Waals surface area contributed by atoms with Crippen molar-refractivity contribution in [3.8, 4) is 0 Å². The van der Waals surface area contributed by atoms with Crippen LogP contribution in [-0.4, -0.2) is 18.9 Å². The zero-order valence-corrected chi connectivity index (χ0v) is 10.6. The molecule has 1 fully saturated rings. The summed E-state index contributed by atoms with van der Waals surface area (Å²) in [6, 6.07) is 10.5. The van der Waals surface area contributed by atoms with Crippen LogP contribution in [0.4, 0.5) is 0 Å². The highest BCUT2D eigenvalue weighted by Crippen LogP contribution is 2.32. The van der Waals surface area contributed by atoms with E-state index < -0.39 is 0 Å². The summed E-state index contributed by atoms with van der Waals surface area (Å²) < 4.78 is 0. The second kappa shape index (κ2) is 5.46. The van der Waals surface area contributed by atoms with Crippen LogP contribution < -0.4 is 5.32 Å². The van der Waals surface area contributed by atoms with Gasteiger partial charge in [-0.05, 0) is 24.4 Å². The van der Waals surface area contributed by atoms with Crippen LogP contribution in [-0.2, 0) is 4.79 Å². The molecule has 1 aliphatic rings. The van der Waals surface area contributed by atoms with Gasteiger partial charge in [0.1, 0.15) is 5.78 Å². The number of hydrogen-bond donors (Lipinski definition) is 1. The second-order valence-corrected chi connectivity index (χ2v) is 5.17. The van der Waals surface area contributed by atoms with Gasteiger partial charge >= 0.3 is 0 Å². The SMILES string of the molecule is CC(C)C(=O)[C@@H]1CNCC[C@@H]1c1ccccc1. The molecule has 0 radical (unpaired) electrons. The van der Waals surface area contributed by atoms with Crippen LogP contribution in [0.1, 0.15) is 31.7 Å². The smallest absolute Gasteiger partial charge is 0.140 e. The molecule has 1 aromatic rings. The first-order valence-electron chi connectivity index (χ1n) is 6.49. The van der Waals surface area contributed by atoms with E-state index in [-0.39, 0.29) is 11.8 Å². The summed E-state index contributed by atoms with van der Waals surface area (Å²) in [5.74, 6) is 1.07. The van der Waals surface area contributed by atoms with E-state index in [9.17, 15) is 4.79 Å². The summed E-state index contributed by atoms with van der Waals surface area (Å²) in [6.45, 7) is 5.84. The molecule has 2 rings (SSSR count). The molecule has 1 heterocycles. The van der Waals surface area contributed by atoms with Crippen LogP contribution in [0.25, 0.3) is 0 Å². The molecule has 17 heavy (non-hydrogen) atoms. The predicted octanol–water partition coefficient (Wildman–Crippen LogP) is 2.60. The lowest BCUT2D eigenvalue weighted by Crippen LogP contribution is -2.41. The Morgan fingerprint density at radius 2 is 2.00 bits per heavy atom. The van der Waals surface area contributed by atoms with Gasteiger partial charge in [-0.15, -0.1) is 0 Å². The van der Waals surface area contributed by atoms with Gasteiger partial charge in [-0.3, -0.25) is 4.79 Å². The first-order valence-corrected chi connectivity index (χ1v) is 6.49. The Bertz CT molecular complexity index is 372. The van der Waals surface area contributed by atoms with Gasteiger partial charge in [0, 0.05) is 18.4 Å². The number of nitrogens with one attached hydrogen (secondary N) is 1. The number of benzene rings is 1. The molecule has 1 aromatic carbocycles. The molecule has 0 saturated carbocycles. The van der Waals surface area contributed by atoms with Crippen molar-refractivity contribution < 1.29 is 4.79 Å². The lowest BCUT2D eigenvalue weighted by molar-refractivity contribution is -0.126. The fourth-order valence-corrected chi connectivity index (χ4v) is 2.68. The Balaban J connectivity index is 2.21. The van der Waals surface area contributed by atoms with Gasteiger partial charge in [-0.25, -0.2) is 0 Å². The van der Waals surface area contributed by atoms with Gasteiger partial charge in [0.05, 0.1) is 0 Å². The van der Waals surface area contributed by atoms with Crippen molar-refractivity contribution in [1.82, 2.24) is 5.32 Å². The van der Waals surface area contributed by atoms with Crippen LogP contribution >= 0.6 is 0 Å². The fourth-order valence-electron chi connectivity index (χ4n) is 2.68. The maximum atomic E-state index is 12.2. The molecule has 0 amide bonds. The second-order valence-electron chi connectivity index (χ2n) is 5.17. The van der Waals surface area contributed by atoms with E-state index in [2.05, 4.69) is 29.6 Å². The van der Waals surface area contributed by atoms with Crippen molar-refractivity contribution in [2.45, 2.75) is 26.2 Å². The average molecular weight is 231 g/mol. The van der Waals surface area contributed by atoms with E-state index in [0.717, 1.165) is 19.5 Å². The normalized spacial score (nSPS) is 24.9. The van der Waals surface area contributed by atoms with Crippen molar-refractivity contribution in [1.29, 1.82) is 0 Å². The maximum Gasteiger partial charge on any atom is 0.140 e. The monoisotopic (exact) mass is 231 g/mol. The summed E-state index contributed by atoms with van der Waals surface area (Å²) in [7, 11) is 0. The molecule has 2 atom stereocenters. The zero-order valence-electron chi connectivity index (χ0n) is 10.6. The van der Waals surface area contributed by atoms with Crippen molar-refractivity contribution in [3.05, 3.63) is 35.9 Å². The zero-order chi connectivity index (χ0) is 12.3. The first-order chi connectivity index (χ1) is 8.20. The fraction of sp³-hybridized carbons (Fsp3) is 0.533. The topological polar surface area (TPSA) is 29.1 Å². The van der Waals surface area contributed by atoms with Gasteiger partial charge in [-0.2, -0.15) is 0 Å². The summed E-state index contributed by atoms with van der Waals surface area (Å²) in [6.07, 6.45) is 1.06. The van der Waals surface area contributed by atoms with Crippen LogP contribution in [0.2, 0.25) is 0 Å². The molecule has 0 bridgehead atoms. The molecule has 1 aliphatic heterocycles. The molecule has 2 heteroatoms. The quantitative estimate of drug-likeness (QED) is 0.866. The van der Waals surface area contributed by atoms with E-state index in [0.29, 0.717) is 11.7 Å². The van der Waals surface area contributed by atoms with Crippen molar-refractivity contribution >= 4 is 5.78 Å². The Morgan fingerprint density at radius 1 is 1.29 bits per heavy atom. The highest BCUT2D eigenvalue weighted by Gasteiger charge is 2.32. The van der Waals surface area contributed by atoms with Crippen LogP contribution in [0.3, 0.4) is 0 Å². The number of ketones is 1. The van der Waals surface area contributed by atoms with Crippen LogP contribution in [0.5, 0.6) is 0 Å². The minimum atomic E-state index is 0.131. The third-order valence-electron chi connectivity index (χ3n) is 3.64. The number of piperidine rings is 1. The highest BCUT2D eigenvalue weighted by atomic mass is 16.1. The summed E-state index contributed by atoms with van der Waals surface area (Å²) in [5, 5.41) is 3.35. The molecule has 0 aliphatic carbocycles. The number of carbonyl (C=O) groups excluding carboxylic acids is 1. The summed E-state index contributed by atoms with van der Waals surface area (Å²) >= 11 is 0. The van der Waals surface area contributed by atoms with Crippen molar-refractivity contribution in [3.63, 3.8) is 0 Å². The molecule has 0 aromatic heterocycles. The lowest BCUT2D eigenvalue weighted by atomic mass is 9.76. The van der Waals surface area contributed by atoms with Crippen molar-refractivity contribution in [2.75, 3.05) is 13.1 Å². The maximum absolute atomic E-state index is 12.2. The molecule has 1 N–H and O–H groups in total. The summed E-state index contributed by atoms with van der Waals surface area (Å²) in [4.78, 5) is 12.2. The number of rotatable bonds is 3. The Hall–Kier alpha value is -1.15. The predicted molar refractivity (Wildman–Crippen MR) is 70.0 cm³/mol. The third-order valence-corrected chi connectivity index (χ3v) is 3.64. The van der Waals surface area contributed by atoms with E-state index in [1.54, 1.807) is 0 Å². The highest BCUT2D eigenvalue weighted by molar-refractivity contribution is 5.84. The van der Waals surface area contributed by atoms with E-state index >= 15 is 0 Å². The van der Waals surface area contributed by atoms with E-state index in [4.69, 9.17) is 0 Å². The largest absolute Gasteiger partial charge is 0.316 e. The van der Waals surface area contributed by atoms with Gasteiger partial charge in [0.2, 0.25) is 0 Å². The molecule has 2 nitrogen and oxygen atoms in total. The summed E-state index contributed by atoms with van der Waals surface area (Å²) in [5.41, 5.74) is 1.31. The minimum absolute atomic E-state index is 0.131. The Morgan fingerprint density at radius 3 is 2.65 bits per heavy atom. The molecule has 92 valence electrons. The van der Waals surface area contributed by atoms with Crippen LogP contribution in [0.15, 0.2) is 30.3 Å². The van der Waals surface area contributed by atoms with E-state index in [1.165, 1.54) is 5.56 Å². The Labute approximate surface area is 103 Å². The number of hydrogen-bond acceptors (Lipinski definition) is 2.